The summed E-state index contributed by atoms with van der Waals surface area (Å²) in [5.74, 6) is -0.269. The van der Waals surface area contributed by atoms with E-state index in [-0.39, 0.29) is 18.9 Å². The molecule has 1 amide bonds. The van der Waals surface area contributed by atoms with Crippen LogP contribution in [0.3, 0.4) is 0 Å². The number of hydrogen-bond donors (Lipinski definition) is 9. The lowest BCUT2D eigenvalue weighted by Crippen LogP contribution is -2.65. The third kappa shape index (κ3) is 35.8. The van der Waals surface area contributed by atoms with E-state index in [1.54, 1.807) is 6.08 Å². The monoisotopic (exact) mass is 1140 g/mol. The molecule has 9 N–H and O–H groups in total. The number of allylic oxidation sites excluding steroid dienone is 21. The number of unbranched alkanes of at least 4 members (excludes halogenated alkanes) is 14. The Bertz CT molecular complexity index is 1870. The zero-order chi connectivity index (χ0) is 58.8. The molecule has 81 heavy (non-hydrogen) atoms. The Hall–Kier alpha value is -3.87. The maximum absolute atomic E-state index is 13.2. The summed E-state index contributed by atoms with van der Waals surface area (Å²) in [5.41, 5.74) is 0. The molecule has 2 aliphatic rings. The summed E-state index contributed by atoms with van der Waals surface area (Å²) in [6.07, 6.45) is 57.9. The van der Waals surface area contributed by atoms with Gasteiger partial charge >= 0.3 is 0 Å². The predicted molar refractivity (Wildman–Crippen MR) is 327 cm³/mol. The van der Waals surface area contributed by atoms with Gasteiger partial charge in [-0.3, -0.25) is 4.79 Å². The van der Waals surface area contributed by atoms with Crippen LogP contribution in [0.1, 0.15) is 187 Å². The molecular formula is C67H109NO13. The Morgan fingerprint density at radius 2 is 0.864 bits per heavy atom. The second-order valence-electron chi connectivity index (χ2n) is 21.1. The molecule has 2 rings (SSSR count). The van der Waals surface area contributed by atoms with Gasteiger partial charge in [0.1, 0.15) is 48.8 Å². The predicted octanol–water partition coefficient (Wildman–Crippen LogP) is 11.2. The van der Waals surface area contributed by atoms with Crippen LogP contribution in [0, 0.1) is 0 Å². The number of aliphatic hydroxyl groups excluding tert-OH is 8. The van der Waals surface area contributed by atoms with Crippen molar-refractivity contribution in [1.29, 1.82) is 0 Å². The van der Waals surface area contributed by atoms with Crippen LogP contribution < -0.4 is 5.32 Å². The van der Waals surface area contributed by atoms with Gasteiger partial charge in [-0.1, -0.05) is 212 Å². The second kappa shape index (κ2) is 50.6. The molecule has 0 aliphatic carbocycles. The summed E-state index contributed by atoms with van der Waals surface area (Å²) >= 11 is 0. The number of carbonyl (C=O) groups excluding carboxylic acids is 1. The summed E-state index contributed by atoms with van der Waals surface area (Å²) in [5, 5.41) is 86.9. The Morgan fingerprint density at radius 3 is 1.36 bits per heavy atom. The molecule has 2 fully saturated rings. The summed E-state index contributed by atoms with van der Waals surface area (Å²) in [6.45, 7) is 2.61. The van der Waals surface area contributed by atoms with E-state index in [0.717, 1.165) is 116 Å². The highest BCUT2D eigenvalue weighted by Crippen LogP contribution is 2.30. The molecule has 0 bridgehead atoms. The maximum Gasteiger partial charge on any atom is 0.220 e. The average molecular weight is 1140 g/mol. The quantitative estimate of drug-likeness (QED) is 0.0204. The number of rotatable bonds is 47. The van der Waals surface area contributed by atoms with Crippen molar-refractivity contribution in [3.8, 4) is 0 Å². The van der Waals surface area contributed by atoms with Gasteiger partial charge in [0.15, 0.2) is 12.6 Å². The molecular weight excluding hydrogens is 1030 g/mol. The molecule has 0 aromatic rings. The van der Waals surface area contributed by atoms with Crippen molar-refractivity contribution in [3.63, 3.8) is 0 Å². The van der Waals surface area contributed by atoms with Gasteiger partial charge in [0.05, 0.1) is 32.0 Å². The molecule has 2 aliphatic heterocycles. The van der Waals surface area contributed by atoms with Crippen LogP contribution in [-0.4, -0.2) is 140 Å². The first-order chi connectivity index (χ1) is 39.6. The van der Waals surface area contributed by atoms with E-state index in [4.69, 9.17) is 18.9 Å². The first-order valence-electron chi connectivity index (χ1n) is 30.9. The van der Waals surface area contributed by atoms with Crippen LogP contribution in [0.5, 0.6) is 0 Å². The Labute approximate surface area is 488 Å². The van der Waals surface area contributed by atoms with Gasteiger partial charge in [0.25, 0.3) is 0 Å². The smallest absolute Gasteiger partial charge is 0.220 e. The third-order valence-corrected chi connectivity index (χ3v) is 14.1. The molecule has 0 saturated carbocycles. The largest absolute Gasteiger partial charge is 0.394 e. The molecule has 12 unspecified atom stereocenters. The highest BCUT2D eigenvalue weighted by atomic mass is 16.7. The van der Waals surface area contributed by atoms with E-state index in [1.807, 2.05) is 6.08 Å². The lowest BCUT2D eigenvalue weighted by molar-refractivity contribution is -0.359. The van der Waals surface area contributed by atoms with Crippen molar-refractivity contribution in [2.24, 2.45) is 0 Å². The fourth-order valence-electron chi connectivity index (χ4n) is 9.12. The van der Waals surface area contributed by atoms with Gasteiger partial charge in [-0.2, -0.15) is 0 Å². The highest BCUT2D eigenvalue weighted by Gasteiger charge is 2.51. The van der Waals surface area contributed by atoms with Gasteiger partial charge in [0.2, 0.25) is 5.91 Å². The van der Waals surface area contributed by atoms with Gasteiger partial charge in [-0.05, 0) is 103 Å². The molecule has 0 spiro atoms. The molecule has 2 saturated heterocycles. The van der Waals surface area contributed by atoms with E-state index in [1.165, 1.54) is 38.5 Å². The van der Waals surface area contributed by atoms with Crippen molar-refractivity contribution >= 4 is 5.91 Å². The molecule has 12 atom stereocenters. The average Bonchev–Trinajstić information content (AvgIpc) is 3.46. The first-order valence-corrected chi connectivity index (χ1v) is 30.9. The van der Waals surface area contributed by atoms with E-state index in [0.29, 0.717) is 12.8 Å². The second-order valence-corrected chi connectivity index (χ2v) is 21.1. The van der Waals surface area contributed by atoms with Gasteiger partial charge in [-0.15, -0.1) is 0 Å². The number of carbonyl (C=O) groups is 1. The molecule has 2 heterocycles. The van der Waals surface area contributed by atoms with Crippen molar-refractivity contribution in [3.05, 3.63) is 134 Å². The first kappa shape index (κ1) is 73.2. The maximum atomic E-state index is 13.2. The fourth-order valence-corrected chi connectivity index (χ4v) is 9.12. The lowest BCUT2D eigenvalue weighted by atomic mass is 9.97. The van der Waals surface area contributed by atoms with Crippen LogP contribution in [0.4, 0.5) is 0 Å². The van der Waals surface area contributed by atoms with Crippen molar-refractivity contribution in [2.75, 3.05) is 19.8 Å². The number of amides is 1. The van der Waals surface area contributed by atoms with Crippen LogP contribution in [0.2, 0.25) is 0 Å². The number of aliphatic hydroxyl groups is 8. The van der Waals surface area contributed by atoms with E-state index in [2.05, 4.69) is 141 Å². The topological polar surface area (TPSA) is 228 Å². The number of ether oxygens (including phenoxy) is 4. The summed E-state index contributed by atoms with van der Waals surface area (Å²) in [4.78, 5) is 13.2. The van der Waals surface area contributed by atoms with Gasteiger partial charge < -0.3 is 65.1 Å². The molecule has 0 radical (unpaired) electrons. The number of hydrogen-bond acceptors (Lipinski definition) is 13. The van der Waals surface area contributed by atoms with E-state index < -0.39 is 86.8 Å². The molecule has 14 heteroatoms. The number of nitrogens with one attached hydrogen (secondary N) is 1. The highest BCUT2D eigenvalue weighted by molar-refractivity contribution is 5.76. The molecule has 460 valence electrons. The van der Waals surface area contributed by atoms with Crippen LogP contribution in [-0.2, 0) is 23.7 Å². The Morgan fingerprint density at radius 1 is 0.457 bits per heavy atom. The van der Waals surface area contributed by atoms with Crippen molar-refractivity contribution < 1.29 is 64.6 Å². The van der Waals surface area contributed by atoms with E-state index in [9.17, 15) is 45.6 Å². The normalized spacial score (nSPS) is 25.1. The minimum atomic E-state index is -1.80. The SMILES string of the molecule is CC/C=C\C/C=C\C/C=C\C/C=C\C/C=C\C/C=C\C/C=C\C/C=C\C/C=C\CCCCCCCCCC(=O)NC(COC1OC(CO)C(OC2OC(CO)C(O)C(O)C2O)C(O)C1O)C(O)/C=C/CC/C=C/CCCCCCCC. The van der Waals surface area contributed by atoms with Crippen LogP contribution in [0.15, 0.2) is 134 Å². The fraction of sp³-hybridized carbons (Fsp3) is 0.657. The molecule has 14 nitrogen and oxygen atoms in total. The zero-order valence-electron chi connectivity index (χ0n) is 49.5. The Balaban J connectivity index is 1.68. The molecule has 0 aromatic carbocycles. The van der Waals surface area contributed by atoms with Crippen molar-refractivity contribution in [2.45, 2.75) is 261 Å². The van der Waals surface area contributed by atoms with Crippen LogP contribution >= 0.6 is 0 Å². The summed E-state index contributed by atoms with van der Waals surface area (Å²) in [7, 11) is 0. The summed E-state index contributed by atoms with van der Waals surface area (Å²) < 4.78 is 22.7. The Kier molecular flexibility index (Phi) is 45.8. The van der Waals surface area contributed by atoms with Crippen LogP contribution in [0.25, 0.3) is 0 Å². The molecule has 0 aromatic heterocycles. The minimum absolute atomic E-state index is 0.251. The van der Waals surface area contributed by atoms with Crippen molar-refractivity contribution in [1.82, 2.24) is 5.32 Å². The summed E-state index contributed by atoms with van der Waals surface area (Å²) in [6, 6.07) is -0.946. The van der Waals surface area contributed by atoms with Gasteiger partial charge in [0, 0.05) is 6.42 Å². The van der Waals surface area contributed by atoms with E-state index >= 15 is 0 Å². The van der Waals surface area contributed by atoms with Gasteiger partial charge in [-0.25, -0.2) is 0 Å². The standard InChI is InChI=1S/C67H109NO13/c1-3-5-7-9-11-13-15-17-18-19-20-21-22-23-24-25-26-27-28-29-30-31-32-33-34-35-36-37-38-39-41-43-45-47-49-51-59(72)68-55(56(71)50-48-46-44-42-40-16-14-12-10-8-6-4-2)54-78-66-64(77)62(75)65(58(53-70)80-66)81-67-63(76)61(74)60(73)57(52-69)79-67/h5,7,11,13,17-18,20-21,23-24,26-27,29-30,32-33,35-36,40,42,48,50,55-58,60-67,69-71,73-77H,3-4,6,8-10,12,14-16,19,22,25,28,31,34,37-39,41,43-47,49,51-54H2,1-2H3,(H,68,72)/b7-5-,13-11-,18-17-,21-20-,24-23-,27-26-,30-29-,33-32-,36-35-,42-40+,50-48+. The third-order valence-electron chi connectivity index (χ3n) is 14.1. The lowest BCUT2D eigenvalue weighted by Gasteiger charge is -2.46. The minimum Gasteiger partial charge on any atom is -0.394 e. The zero-order valence-corrected chi connectivity index (χ0v) is 49.5.